The van der Waals surface area contributed by atoms with E-state index in [4.69, 9.17) is 78.8 Å². The number of hydrogen-bond acceptors (Lipinski definition) is 23. The first kappa shape index (κ1) is 76.8. The van der Waals surface area contributed by atoms with Gasteiger partial charge in [0, 0.05) is 104 Å². The van der Waals surface area contributed by atoms with Gasteiger partial charge < -0.3 is 69.0 Å². The van der Waals surface area contributed by atoms with Crippen LogP contribution in [0.1, 0.15) is 82.5 Å². The van der Waals surface area contributed by atoms with E-state index in [1.807, 2.05) is 155 Å². The molecule has 0 spiro atoms. The number of carbonyl (C=O) groups excluding carboxylic acids is 2. The van der Waals surface area contributed by atoms with E-state index in [1.165, 1.54) is 0 Å². The molecule has 15 N–H and O–H groups in total. The van der Waals surface area contributed by atoms with Gasteiger partial charge in [-0.15, -0.1) is 0 Å². The van der Waals surface area contributed by atoms with Gasteiger partial charge in [0.15, 0.2) is 24.2 Å². The van der Waals surface area contributed by atoms with Crippen molar-refractivity contribution in [2.75, 3.05) is 57.0 Å². The number of ether oxygens (including phenoxy) is 2. The summed E-state index contributed by atoms with van der Waals surface area (Å²) in [7, 11) is 0. The average Bonchev–Trinajstić information content (AvgIpc) is 1.63. The molecule has 0 fully saturated rings. The molecule has 536 valence electrons. The summed E-state index contributed by atoms with van der Waals surface area (Å²) < 4.78 is 10.5. The number of fused-ring (bicyclic) bond motifs is 8. The van der Waals surface area contributed by atoms with Gasteiger partial charge in [0.1, 0.15) is 0 Å². The van der Waals surface area contributed by atoms with Crippen LogP contribution in [0.3, 0.4) is 0 Å². The van der Waals surface area contributed by atoms with Crippen LogP contribution >= 0.6 is 46.4 Å². The van der Waals surface area contributed by atoms with Gasteiger partial charge in [-0.2, -0.15) is 0 Å². The first-order valence-corrected chi connectivity index (χ1v) is 34.3. The number of carboxylic acid groups (broad SMARTS) is 2. The normalized spacial score (nSPS) is 15.9. The predicted molar refractivity (Wildman–Crippen MR) is 409 cm³/mol. The van der Waals surface area contributed by atoms with Crippen molar-refractivity contribution < 1.29 is 73.9 Å². The fourth-order valence-corrected chi connectivity index (χ4v) is 13.8. The maximum absolute atomic E-state index is 12.6. The number of aromatic nitrogens is 4. The number of nitrogens with one attached hydrogen (secondary N) is 4. The quantitative estimate of drug-likeness (QED) is 0.0275. The summed E-state index contributed by atoms with van der Waals surface area (Å²) in [6.07, 6.45) is 6.48. The molecule has 12 aromatic rings. The molecule has 4 atom stereocenters. The van der Waals surface area contributed by atoms with Crippen LogP contribution in [0.25, 0.3) is 43.6 Å². The van der Waals surface area contributed by atoms with Crippen LogP contribution in [0.2, 0.25) is 20.1 Å². The molecular weight excluding hydrogens is 1450 g/mol. The molecule has 0 radical (unpaired) electrons. The summed E-state index contributed by atoms with van der Waals surface area (Å²) in [4.78, 5) is 65.6. The molecule has 4 aliphatic rings. The second-order valence-electron chi connectivity index (χ2n) is 24.7. The molecule has 25 nitrogen and oxygen atoms in total. The van der Waals surface area contributed by atoms with Gasteiger partial charge in [-0.3, -0.25) is 29.5 Å². The Morgan fingerprint density at radius 3 is 1.13 bits per heavy atom. The van der Waals surface area contributed by atoms with Gasteiger partial charge in [0.25, 0.3) is 0 Å². The standard InChI is InChI=1S/2C20H19ClN4O2.2C18H15ClN4O2.Na.H2O/c1-2-27-20(26)19-18-15(22)4-3-5-17(18)25(24-19)11-12-6-7-16-13(8-12)9-14(21)10-23-16;1-2-27-20(26)19-18-15(22)4-3-5-17(18)24-25(19)11-12-6-7-16-13(8-12)9-14(21)10-23-16;19-12-7-11-6-10(4-5-14(11)21-8-12)9-23-15-3-1-2-13(20)16(15)17(22-23)18(24)25;19-12-7-11-6-10(4-5-14(11)21-8-12)9-23-17(18(24)25)16-13(20)2-1-3-15(16)22-23;;/h2*3-10,19,24H,2,11,22H2,1H3;2*1-8,17,22H,9,20H2,(H,24,25);;1H2/q;;;;+1;/p-1. The molecule has 0 amide bonds. The Bertz CT molecular complexity index is 5350. The van der Waals surface area contributed by atoms with Gasteiger partial charge >= 0.3 is 53.4 Å². The van der Waals surface area contributed by atoms with Gasteiger partial charge in [-0.25, -0.2) is 30.5 Å². The first-order valence-electron chi connectivity index (χ1n) is 32.8. The fourth-order valence-electron chi connectivity index (χ4n) is 13.1. The van der Waals surface area contributed by atoms with E-state index >= 15 is 0 Å². The van der Waals surface area contributed by atoms with E-state index in [9.17, 15) is 29.4 Å². The third kappa shape index (κ3) is 16.7. The van der Waals surface area contributed by atoms with Crippen LogP contribution in [0.5, 0.6) is 0 Å². The number of hydrazine groups is 4. The fraction of sp³-hybridized carbons (Fsp3) is 0.158. The monoisotopic (exact) mass is 1510 g/mol. The van der Waals surface area contributed by atoms with E-state index in [0.717, 1.165) is 99.7 Å². The zero-order valence-electron chi connectivity index (χ0n) is 57.2. The van der Waals surface area contributed by atoms with E-state index in [-0.39, 0.29) is 47.0 Å². The minimum Gasteiger partial charge on any atom is -0.870 e. The van der Waals surface area contributed by atoms with Crippen molar-refractivity contribution in [1.29, 1.82) is 0 Å². The number of pyridine rings is 4. The number of carbonyl (C=O) groups is 4. The van der Waals surface area contributed by atoms with Crippen LogP contribution in [0.4, 0.5) is 45.5 Å². The maximum Gasteiger partial charge on any atom is 1.00 e. The van der Waals surface area contributed by atoms with Crippen molar-refractivity contribution in [3.05, 3.63) is 259 Å². The zero-order valence-corrected chi connectivity index (χ0v) is 62.2. The number of esters is 2. The Kier molecular flexibility index (Phi) is 24.2. The second kappa shape index (κ2) is 33.4. The summed E-state index contributed by atoms with van der Waals surface area (Å²) in [6, 6.07) is 50.1. The number of anilines is 8. The number of rotatable bonds is 14. The van der Waals surface area contributed by atoms with Crippen LogP contribution in [0.15, 0.2) is 195 Å². The van der Waals surface area contributed by atoms with Gasteiger partial charge in [-0.05, 0) is 157 Å². The smallest absolute Gasteiger partial charge is 0.870 e. The number of halogens is 4. The number of nitrogen functional groups attached to an aromatic ring is 4. The molecule has 0 aliphatic carbocycles. The van der Waals surface area contributed by atoms with Gasteiger partial charge in [-0.1, -0.05) is 94.9 Å². The first-order chi connectivity index (χ1) is 50.2. The molecule has 4 aromatic heterocycles. The summed E-state index contributed by atoms with van der Waals surface area (Å²) >= 11 is 24.1. The van der Waals surface area contributed by atoms with Crippen LogP contribution < -0.4 is 84.2 Å². The summed E-state index contributed by atoms with van der Waals surface area (Å²) in [5, 5.41) is 32.5. The predicted octanol–water partition coefficient (Wildman–Crippen LogP) is 10.9. The molecule has 8 aromatic carbocycles. The molecule has 8 heterocycles. The molecular formula is C76H69Cl4N16NaO9. The van der Waals surface area contributed by atoms with Crippen LogP contribution in [-0.4, -0.2) is 82.7 Å². The maximum atomic E-state index is 12.6. The summed E-state index contributed by atoms with van der Waals surface area (Å²) in [5.41, 5.74) is 52.4. The molecule has 0 saturated carbocycles. The van der Waals surface area contributed by atoms with Crippen molar-refractivity contribution in [3.63, 3.8) is 0 Å². The Morgan fingerprint density at radius 2 is 0.755 bits per heavy atom. The molecule has 16 rings (SSSR count). The minimum atomic E-state index is -0.962. The van der Waals surface area contributed by atoms with Crippen molar-refractivity contribution in [1.82, 2.24) is 40.8 Å². The number of aliphatic carboxylic acids is 2. The summed E-state index contributed by atoms with van der Waals surface area (Å²) in [5.74, 6) is -2.58. The summed E-state index contributed by atoms with van der Waals surface area (Å²) in [6.45, 7) is 6.13. The molecule has 4 unspecified atom stereocenters. The molecule has 0 saturated heterocycles. The Morgan fingerprint density at radius 1 is 0.425 bits per heavy atom. The van der Waals surface area contributed by atoms with Crippen LogP contribution in [0, 0.1) is 0 Å². The Labute approximate surface area is 649 Å². The number of nitrogens with two attached hydrogens (primary N) is 4. The number of nitrogens with zero attached hydrogens (tertiary/aromatic N) is 8. The zero-order chi connectivity index (χ0) is 73.0. The van der Waals surface area contributed by atoms with Crippen molar-refractivity contribution >= 4 is 159 Å². The van der Waals surface area contributed by atoms with Crippen molar-refractivity contribution in [3.8, 4) is 0 Å². The molecule has 106 heavy (non-hydrogen) atoms. The average molecular weight is 1520 g/mol. The number of hydrogen-bond donors (Lipinski definition) is 10. The van der Waals surface area contributed by atoms with Crippen LogP contribution in [-0.2, 0) is 54.8 Å². The van der Waals surface area contributed by atoms with E-state index in [1.54, 1.807) is 74.0 Å². The molecule has 0 bridgehead atoms. The molecule has 30 heteroatoms. The SMILES string of the molecule is CCOC(=O)C1NN(Cc2ccc3ncc(Cl)cc3c2)c2cccc(N)c21.CCOC(=O)C1c2c(N)cccc2NN1Cc1ccc2ncc(Cl)cc2c1.Nc1cccc2c1C(C(=O)O)N(Cc1ccc3ncc(Cl)cc3c1)N2.Nc1cccc2c1C(C(=O)O)NN2Cc1ccc2ncc(Cl)cc2c1.[Na+].[OH-]. The molecule has 4 aliphatic heterocycles. The second-order valence-corrected chi connectivity index (χ2v) is 26.4. The minimum absolute atomic E-state index is 0. The van der Waals surface area contributed by atoms with E-state index in [2.05, 4.69) is 41.6 Å². The largest absolute Gasteiger partial charge is 1.00 e. The van der Waals surface area contributed by atoms with Gasteiger partial charge in [0.05, 0.1) is 91.2 Å². The van der Waals surface area contributed by atoms with Crippen molar-refractivity contribution in [2.24, 2.45) is 0 Å². The third-order valence-electron chi connectivity index (χ3n) is 17.7. The third-order valence-corrected chi connectivity index (χ3v) is 18.5. The van der Waals surface area contributed by atoms with Gasteiger partial charge in [0.2, 0.25) is 0 Å². The topological polar surface area (TPSA) is 374 Å². The van der Waals surface area contributed by atoms with E-state index in [0.29, 0.717) is 93.4 Å². The number of carboxylic acids is 2. The number of benzene rings is 8. The van der Waals surface area contributed by atoms with E-state index < -0.39 is 36.1 Å². The Hall–Kier alpha value is -10.4. The van der Waals surface area contributed by atoms with Crippen molar-refractivity contribution in [2.45, 2.75) is 64.2 Å². The Balaban J connectivity index is 0.000000140.